The molecule has 126 valence electrons. The zero-order chi connectivity index (χ0) is 17.4. The maximum atomic E-state index is 12.3. The second kappa shape index (κ2) is 8.70. The van der Waals surface area contributed by atoms with Crippen LogP contribution in [0.1, 0.15) is 17.3 Å². The molecule has 1 aliphatic heterocycles. The SMILES string of the molecule is CCOC(=O)/C(C#N)=C/Nc1ccc(C(=O)N2CCOCC2)cc1. The van der Waals surface area contributed by atoms with Crippen LogP contribution in [-0.2, 0) is 14.3 Å². The molecule has 0 unspecified atom stereocenters. The van der Waals surface area contributed by atoms with Crippen molar-refractivity contribution < 1.29 is 19.1 Å². The van der Waals surface area contributed by atoms with Crippen molar-refractivity contribution in [3.05, 3.63) is 41.6 Å². The van der Waals surface area contributed by atoms with Crippen molar-refractivity contribution in [2.75, 3.05) is 38.2 Å². The number of amides is 1. The minimum absolute atomic E-state index is 0.0374. The summed E-state index contributed by atoms with van der Waals surface area (Å²) in [6.45, 7) is 4.17. The molecule has 2 rings (SSSR count). The number of esters is 1. The van der Waals surface area contributed by atoms with Crippen molar-refractivity contribution in [3.63, 3.8) is 0 Å². The molecular formula is C17H19N3O4. The molecule has 1 heterocycles. The first-order valence-electron chi connectivity index (χ1n) is 7.66. The van der Waals surface area contributed by atoms with Crippen molar-refractivity contribution in [2.24, 2.45) is 0 Å². The number of nitriles is 1. The van der Waals surface area contributed by atoms with Gasteiger partial charge in [0.15, 0.2) is 5.57 Å². The third-order valence-electron chi connectivity index (χ3n) is 3.43. The van der Waals surface area contributed by atoms with E-state index in [4.69, 9.17) is 14.7 Å². The molecule has 7 nitrogen and oxygen atoms in total. The molecule has 0 saturated carbocycles. The minimum Gasteiger partial charge on any atom is -0.462 e. The Labute approximate surface area is 140 Å². The Balaban J connectivity index is 2.00. The van der Waals surface area contributed by atoms with Crippen molar-refractivity contribution in [3.8, 4) is 6.07 Å². The van der Waals surface area contributed by atoms with Gasteiger partial charge in [-0.1, -0.05) is 0 Å². The highest BCUT2D eigenvalue weighted by atomic mass is 16.5. The predicted octanol–water partition coefficient (Wildman–Crippen LogP) is 1.54. The van der Waals surface area contributed by atoms with Gasteiger partial charge in [0.25, 0.3) is 5.91 Å². The van der Waals surface area contributed by atoms with Crippen molar-refractivity contribution in [2.45, 2.75) is 6.92 Å². The van der Waals surface area contributed by atoms with Crippen LogP contribution < -0.4 is 5.32 Å². The average Bonchev–Trinajstić information content (AvgIpc) is 2.63. The highest BCUT2D eigenvalue weighted by molar-refractivity contribution is 5.95. The molecule has 0 aliphatic carbocycles. The highest BCUT2D eigenvalue weighted by Crippen LogP contribution is 2.13. The number of benzene rings is 1. The average molecular weight is 329 g/mol. The summed E-state index contributed by atoms with van der Waals surface area (Å²) in [5.41, 5.74) is 1.12. The number of rotatable bonds is 5. The summed E-state index contributed by atoms with van der Waals surface area (Å²) in [6.07, 6.45) is 1.29. The normalized spacial score (nSPS) is 14.7. The topological polar surface area (TPSA) is 91.7 Å². The third-order valence-corrected chi connectivity index (χ3v) is 3.43. The lowest BCUT2D eigenvalue weighted by Crippen LogP contribution is -2.40. The smallest absolute Gasteiger partial charge is 0.350 e. The lowest BCUT2D eigenvalue weighted by molar-refractivity contribution is -0.138. The lowest BCUT2D eigenvalue weighted by Gasteiger charge is -2.26. The van der Waals surface area contributed by atoms with Crippen LogP contribution in [0.4, 0.5) is 5.69 Å². The van der Waals surface area contributed by atoms with Crippen LogP contribution in [0.2, 0.25) is 0 Å². The summed E-state index contributed by atoms with van der Waals surface area (Å²) in [5.74, 6) is -0.712. The molecule has 0 bridgehead atoms. The second-order valence-electron chi connectivity index (χ2n) is 5.02. The van der Waals surface area contributed by atoms with Crippen molar-refractivity contribution in [1.82, 2.24) is 4.90 Å². The Morgan fingerprint density at radius 2 is 2.00 bits per heavy atom. The van der Waals surface area contributed by atoms with E-state index in [0.29, 0.717) is 37.6 Å². The van der Waals surface area contributed by atoms with Crippen molar-refractivity contribution in [1.29, 1.82) is 5.26 Å². The Kier molecular flexibility index (Phi) is 6.34. The van der Waals surface area contributed by atoms with Gasteiger partial charge in [-0.2, -0.15) is 5.26 Å². The Morgan fingerprint density at radius 3 is 2.58 bits per heavy atom. The maximum Gasteiger partial charge on any atom is 0.350 e. The first kappa shape index (κ1) is 17.5. The van der Waals surface area contributed by atoms with Crippen LogP contribution in [-0.4, -0.2) is 49.7 Å². The second-order valence-corrected chi connectivity index (χ2v) is 5.02. The van der Waals surface area contributed by atoms with E-state index < -0.39 is 5.97 Å². The van der Waals surface area contributed by atoms with E-state index in [1.54, 1.807) is 42.2 Å². The van der Waals surface area contributed by atoms with Gasteiger partial charge in [0.05, 0.1) is 19.8 Å². The summed E-state index contributed by atoms with van der Waals surface area (Å²) >= 11 is 0. The fraction of sp³-hybridized carbons (Fsp3) is 0.353. The molecule has 24 heavy (non-hydrogen) atoms. The number of carbonyl (C=O) groups is 2. The minimum atomic E-state index is -0.674. The molecular weight excluding hydrogens is 310 g/mol. The number of nitrogens with one attached hydrogen (secondary N) is 1. The summed E-state index contributed by atoms with van der Waals surface area (Å²) < 4.78 is 10.0. The van der Waals surface area contributed by atoms with Gasteiger partial charge < -0.3 is 19.7 Å². The molecule has 7 heteroatoms. The van der Waals surface area contributed by atoms with Gasteiger partial charge in [0.1, 0.15) is 6.07 Å². The van der Waals surface area contributed by atoms with Crippen LogP contribution in [0.25, 0.3) is 0 Å². The van der Waals surface area contributed by atoms with E-state index in [-0.39, 0.29) is 18.1 Å². The first-order chi connectivity index (χ1) is 11.7. The monoisotopic (exact) mass is 329 g/mol. The highest BCUT2D eigenvalue weighted by Gasteiger charge is 2.18. The van der Waals surface area contributed by atoms with Gasteiger partial charge in [-0.3, -0.25) is 4.79 Å². The standard InChI is InChI=1S/C17H19N3O4/c1-2-24-17(22)14(11-18)12-19-15-5-3-13(4-6-15)16(21)20-7-9-23-10-8-20/h3-6,12,19H,2,7-10H2,1H3/b14-12+. The molecule has 1 N–H and O–H groups in total. The number of morpholine rings is 1. The van der Waals surface area contributed by atoms with Gasteiger partial charge in [0, 0.05) is 30.5 Å². The molecule has 1 aromatic carbocycles. The van der Waals surface area contributed by atoms with E-state index in [0.717, 1.165) is 0 Å². The van der Waals surface area contributed by atoms with Crippen LogP contribution >= 0.6 is 0 Å². The Bertz CT molecular complexity index is 655. The molecule has 1 aliphatic rings. The lowest BCUT2D eigenvalue weighted by atomic mass is 10.1. The zero-order valence-electron chi connectivity index (χ0n) is 13.4. The molecule has 0 atom stereocenters. The van der Waals surface area contributed by atoms with Gasteiger partial charge in [-0.15, -0.1) is 0 Å². The molecule has 0 radical (unpaired) electrons. The zero-order valence-corrected chi connectivity index (χ0v) is 13.4. The maximum absolute atomic E-state index is 12.3. The number of carbonyl (C=O) groups excluding carboxylic acids is 2. The fourth-order valence-electron chi connectivity index (χ4n) is 2.16. The summed E-state index contributed by atoms with van der Waals surface area (Å²) in [4.78, 5) is 25.6. The molecule has 1 saturated heterocycles. The molecule has 1 amide bonds. The van der Waals surface area contributed by atoms with Gasteiger partial charge in [0.2, 0.25) is 0 Å². The van der Waals surface area contributed by atoms with E-state index >= 15 is 0 Å². The number of nitrogens with zero attached hydrogens (tertiary/aromatic N) is 2. The van der Waals surface area contributed by atoms with Crippen molar-refractivity contribution >= 4 is 17.6 Å². The summed E-state index contributed by atoms with van der Waals surface area (Å²) in [7, 11) is 0. The van der Waals surface area contributed by atoms with Crippen LogP contribution in [0.5, 0.6) is 0 Å². The Hall–Kier alpha value is -2.85. The molecule has 1 fully saturated rings. The quantitative estimate of drug-likeness (QED) is 0.500. The number of anilines is 1. The fourth-order valence-corrected chi connectivity index (χ4v) is 2.16. The number of hydrogen-bond donors (Lipinski definition) is 1. The van der Waals surface area contributed by atoms with Gasteiger partial charge >= 0.3 is 5.97 Å². The van der Waals surface area contributed by atoms with Gasteiger partial charge in [-0.05, 0) is 31.2 Å². The largest absolute Gasteiger partial charge is 0.462 e. The van der Waals surface area contributed by atoms with Gasteiger partial charge in [-0.25, -0.2) is 4.79 Å². The first-order valence-corrected chi connectivity index (χ1v) is 7.66. The van der Waals surface area contributed by atoms with E-state index in [9.17, 15) is 9.59 Å². The summed E-state index contributed by atoms with van der Waals surface area (Å²) in [5, 5.41) is 11.8. The molecule has 1 aromatic rings. The van der Waals surface area contributed by atoms with E-state index in [2.05, 4.69) is 5.32 Å². The van der Waals surface area contributed by atoms with E-state index in [1.807, 2.05) is 0 Å². The van der Waals surface area contributed by atoms with Crippen LogP contribution in [0.15, 0.2) is 36.0 Å². The van der Waals surface area contributed by atoms with Crippen LogP contribution in [0.3, 0.4) is 0 Å². The predicted molar refractivity (Wildman–Crippen MR) is 87.1 cm³/mol. The Morgan fingerprint density at radius 1 is 1.33 bits per heavy atom. The number of ether oxygens (including phenoxy) is 2. The van der Waals surface area contributed by atoms with Crippen LogP contribution in [0, 0.1) is 11.3 Å². The summed E-state index contributed by atoms with van der Waals surface area (Å²) in [6, 6.07) is 8.60. The molecule has 0 aromatic heterocycles. The third kappa shape index (κ3) is 4.57. The number of hydrogen-bond acceptors (Lipinski definition) is 6. The molecule has 0 spiro atoms. The van der Waals surface area contributed by atoms with E-state index in [1.165, 1.54) is 6.20 Å².